The second kappa shape index (κ2) is 8.10. The molecule has 0 aliphatic carbocycles. The van der Waals surface area contributed by atoms with Crippen molar-refractivity contribution < 1.29 is 26.4 Å². The topological polar surface area (TPSA) is 101 Å². The highest BCUT2D eigenvalue weighted by atomic mass is 19.4. The van der Waals surface area contributed by atoms with Crippen LogP contribution in [0.3, 0.4) is 0 Å². The predicted octanol–water partition coefficient (Wildman–Crippen LogP) is 4.61. The van der Waals surface area contributed by atoms with Gasteiger partial charge in [0, 0.05) is 24.9 Å². The maximum atomic E-state index is 13.5. The Labute approximate surface area is 198 Å². The molecule has 9 nitrogen and oxygen atoms in total. The Kier molecular flexibility index (Phi) is 4.98. The van der Waals surface area contributed by atoms with Gasteiger partial charge in [0.2, 0.25) is 0 Å². The Morgan fingerprint density at radius 1 is 1.08 bits per heavy atom. The van der Waals surface area contributed by atoms with Crippen LogP contribution in [0.1, 0.15) is 40.8 Å². The van der Waals surface area contributed by atoms with E-state index in [1.807, 2.05) is 0 Å². The molecule has 6 rings (SSSR count). The van der Waals surface area contributed by atoms with Crippen molar-refractivity contribution in [3.63, 3.8) is 0 Å². The summed E-state index contributed by atoms with van der Waals surface area (Å²) in [5.74, 6) is -0.0692. The molecule has 5 aromatic heterocycles. The molecule has 0 spiro atoms. The van der Waals surface area contributed by atoms with Crippen LogP contribution >= 0.6 is 0 Å². The van der Waals surface area contributed by atoms with Crippen LogP contribution in [-0.4, -0.2) is 41.3 Å². The number of hydrogen-bond donors (Lipinski definition) is 1. The number of halogens is 5. The molecule has 184 valence electrons. The number of aromatic amines is 1. The first-order chi connectivity index (χ1) is 17.3. The average Bonchev–Trinajstić information content (AvgIpc) is 3.61. The van der Waals surface area contributed by atoms with Gasteiger partial charge in [0.1, 0.15) is 17.4 Å². The number of hydrogen-bond acceptors (Lipinski definition) is 7. The third-order valence-corrected chi connectivity index (χ3v) is 5.93. The number of H-pyrrole nitrogens is 1. The summed E-state index contributed by atoms with van der Waals surface area (Å²) in [5, 5.41) is 12.5. The summed E-state index contributed by atoms with van der Waals surface area (Å²) in [6.07, 6.45) is -4.47. The van der Waals surface area contributed by atoms with Crippen LogP contribution in [0.15, 0.2) is 53.3 Å². The summed E-state index contributed by atoms with van der Waals surface area (Å²) in [6, 6.07) is 7.63. The maximum Gasteiger partial charge on any atom is 0.417 e. The van der Waals surface area contributed by atoms with Crippen LogP contribution < -0.4 is 4.90 Å². The zero-order valence-electron chi connectivity index (χ0n) is 18.1. The molecule has 6 heterocycles. The second-order valence-electron chi connectivity index (χ2n) is 8.09. The molecule has 0 unspecified atom stereocenters. The smallest absolute Gasteiger partial charge is 0.402 e. The lowest BCUT2D eigenvalue weighted by atomic mass is 10.0. The Balaban J connectivity index is 1.40. The molecule has 36 heavy (non-hydrogen) atoms. The minimum atomic E-state index is -4.52. The van der Waals surface area contributed by atoms with Crippen molar-refractivity contribution in [2.45, 2.75) is 25.1 Å². The van der Waals surface area contributed by atoms with Crippen LogP contribution in [0.25, 0.3) is 17.1 Å². The molecule has 1 aliphatic heterocycles. The molecule has 0 bridgehead atoms. The summed E-state index contributed by atoms with van der Waals surface area (Å²) in [7, 11) is 0. The van der Waals surface area contributed by atoms with Gasteiger partial charge in [-0.3, -0.25) is 4.98 Å². The third kappa shape index (κ3) is 3.65. The van der Waals surface area contributed by atoms with Gasteiger partial charge < -0.3 is 14.3 Å². The zero-order valence-corrected chi connectivity index (χ0v) is 18.1. The molecular weight excluding hydrogens is 487 g/mol. The van der Waals surface area contributed by atoms with E-state index < -0.39 is 24.2 Å². The normalized spacial score (nSPS) is 16.2. The molecule has 1 atom stereocenters. The van der Waals surface area contributed by atoms with E-state index in [2.05, 4.69) is 30.2 Å². The molecule has 0 aromatic carbocycles. The van der Waals surface area contributed by atoms with Gasteiger partial charge >= 0.3 is 12.2 Å². The maximum absolute atomic E-state index is 13.5. The highest BCUT2D eigenvalue weighted by molar-refractivity contribution is 5.54. The third-order valence-electron chi connectivity index (χ3n) is 5.93. The summed E-state index contributed by atoms with van der Waals surface area (Å²) >= 11 is 0. The number of rotatable bonds is 4. The fourth-order valence-corrected chi connectivity index (χ4v) is 4.26. The van der Waals surface area contributed by atoms with Crippen LogP contribution in [0.2, 0.25) is 0 Å². The number of nitrogens with zero attached hydrogens (tertiary/aromatic N) is 7. The van der Waals surface area contributed by atoms with Gasteiger partial charge in [-0.05, 0) is 30.3 Å². The highest BCUT2D eigenvalue weighted by Crippen LogP contribution is 2.37. The number of imidazole rings is 1. The first-order valence-electron chi connectivity index (χ1n) is 10.7. The lowest BCUT2D eigenvalue weighted by molar-refractivity contribution is -0.137. The quantitative estimate of drug-likeness (QED) is 0.358. The summed E-state index contributed by atoms with van der Waals surface area (Å²) in [5.41, 5.74) is 1.31. The zero-order chi connectivity index (χ0) is 25.0. The van der Waals surface area contributed by atoms with Crippen LogP contribution in [0.5, 0.6) is 0 Å². The number of nitrogens with one attached hydrogen (secondary N) is 1. The van der Waals surface area contributed by atoms with Gasteiger partial charge in [0.05, 0.1) is 28.8 Å². The van der Waals surface area contributed by atoms with Gasteiger partial charge in [-0.15, -0.1) is 5.10 Å². The molecule has 1 N–H and O–H groups in total. The fraction of sp³-hybridized carbons (Fsp3) is 0.227. The monoisotopic (exact) mass is 502 g/mol. The van der Waals surface area contributed by atoms with E-state index in [1.54, 1.807) is 17.0 Å². The minimum absolute atomic E-state index is 0.0662. The molecule has 0 saturated heterocycles. The van der Waals surface area contributed by atoms with Crippen LogP contribution in [0, 0.1) is 0 Å². The second-order valence-corrected chi connectivity index (χ2v) is 8.09. The first-order valence-corrected chi connectivity index (χ1v) is 10.7. The van der Waals surface area contributed by atoms with E-state index in [0.717, 1.165) is 17.8 Å². The summed E-state index contributed by atoms with van der Waals surface area (Å²) < 4.78 is 72.6. The Morgan fingerprint density at radius 2 is 1.94 bits per heavy atom. The van der Waals surface area contributed by atoms with Crippen LogP contribution in [-0.2, 0) is 12.6 Å². The lowest BCUT2D eigenvalue weighted by Crippen LogP contribution is -2.37. The fourth-order valence-electron chi connectivity index (χ4n) is 4.26. The molecule has 0 radical (unpaired) electrons. The Morgan fingerprint density at radius 3 is 2.69 bits per heavy atom. The summed E-state index contributed by atoms with van der Waals surface area (Å²) in [6.45, 7) is 0.400. The number of pyridine rings is 2. The minimum Gasteiger partial charge on any atom is -0.402 e. The predicted molar refractivity (Wildman–Crippen MR) is 114 cm³/mol. The van der Waals surface area contributed by atoms with E-state index >= 15 is 0 Å². The van der Waals surface area contributed by atoms with Gasteiger partial charge in [-0.2, -0.15) is 18.3 Å². The van der Waals surface area contributed by atoms with Crippen LogP contribution in [0.4, 0.5) is 28.0 Å². The van der Waals surface area contributed by atoms with Crippen molar-refractivity contribution in [1.29, 1.82) is 0 Å². The molecular formula is C22H15F5N8O. The SMILES string of the molecule is FC(F)c1cccc2cc([C@@H]3c4nc[nH]c4CCN3c3nnc(-c4ccc(C(F)(F)F)cn4)o3)nn12. The molecule has 5 aromatic rings. The lowest BCUT2D eigenvalue weighted by Gasteiger charge is -2.32. The average molecular weight is 502 g/mol. The highest BCUT2D eigenvalue weighted by Gasteiger charge is 2.36. The largest absolute Gasteiger partial charge is 0.417 e. The van der Waals surface area contributed by atoms with Crippen molar-refractivity contribution in [3.05, 3.63) is 77.3 Å². The Hall–Kier alpha value is -4.36. The number of alkyl halides is 5. The van der Waals surface area contributed by atoms with Crippen molar-refractivity contribution in [2.75, 3.05) is 11.4 Å². The van der Waals surface area contributed by atoms with Crippen molar-refractivity contribution in [2.24, 2.45) is 0 Å². The van der Waals surface area contributed by atoms with Crippen molar-refractivity contribution >= 4 is 11.5 Å². The molecule has 0 saturated carbocycles. The molecule has 1 aliphatic rings. The van der Waals surface area contributed by atoms with E-state index in [9.17, 15) is 22.0 Å². The van der Waals surface area contributed by atoms with Gasteiger partial charge in [-0.25, -0.2) is 18.3 Å². The van der Waals surface area contributed by atoms with E-state index in [0.29, 0.717) is 36.1 Å². The van der Waals surface area contributed by atoms with Gasteiger partial charge in [0.25, 0.3) is 12.3 Å². The van der Waals surface area contributed by atoms with Gasteiger partial charge in [0.15, 0.2) is 0 Å². The molecule has 14 heteroatoms. The number of aromatic nitrogens is 7. The van der Waals surface area contributed by atoms with E-state index in [1.165, 1.54) is 23.0 Å². The standard InChI is InChI=1S/C22H15F5N8O/c23-19(24)16-3-1-2-12-8-15(33-35(12)16)18-17-13(29-10-30-17)6-7-34(18)21-32-31-20(36-21)14-5-4-11(9-28-14)22(25,26)27/h1-5,8-10,18-19H,6-7H2,(H,29,30)/t18-/m1/s1. The van der Waals surface area contributed by atoms with E-state index in [4.69, 9.17) is 4.42 Å². The molecule has 0 fully saturated rings. The first kappa shape index (κ1) is 22.1. The summed E-state index contributed by atoms with van der Waals surface area (Å²) in [4.78, 5) is 13.0. The van der Waals surface area contributed by atoms with Crippen molar-refractivity contribution in [3.8, 4) is 11.6 Å². The number of fused-ring (bicyclic) bond motifs is 2. The van der Waals surface area contributed by atoms with Crippen molar-refractivity contribution in [1.82, 2.24) is 34.8 Å². The van der Waals surface area contributed by atoms with Gasteiger partial charge in [-0.1, -0.05) is 11.2 Å². The van der Waals surface area contributed by atoms with E-state index in [-0.39, 0.29) is 23.3 Å². The number of anilines is 1. The Bertz CT molecular complexity index is 1540. The molecule has 0 amide bonds.